The third-order valence-electron chi connectivity index (χ3n) is 12.1. The molecule has 2 saturated heterocycles. The lowest BCUT2D eigenvalue weighted by Crippen LogP contribution is -2.42. The molecule has 3 aliphatic rings. The first-order valence-electron chi connectivity index (χ1n) is 20.8. The average molecular weight is 857 g/mol. The third kappa shape index (κ3) is 10.5. The van der Waals surface area contributed by atoms with Crippen molar-refractivity contribution in [1.82, 2.24) is 20.0 Å². The summed E-state index contributed by atoms with van der Waals surface area (Å²) in [6.07, 6.45) is 16.2. The molecular formula is C45H56ClN8O5S+. The fourth-order valence-corrected chi connectivity index (χ4v) is 9.51. The number of nitrogen functional groups attached to an aromatic ring is 1. The number of aromatic amines is 2. The highest BCUT2D eigenvalue weighted by atomic mass is 35.5. The number of H-pyrrole nitrogens is 2. The second-order valence-corrected chi connectivity index (χ2v) is 17.2. The summed E-state index contributed by atoms with van der Waals surface area (Å²) in [5.41, 5.74) is 10.8. The van der Waals surface area contributed by atoms with Gasteiger partial charge in [0.2, 0.25) is 0 Å². The molecular weight excluding hydrogens is 800 g/mol. The second kappa shape index (κ2) is 20.6. The zero-order valence-electron chi connectivity index (χ0n) is 34.1. The number of rotatable bonds is 15. The Bertz CT molecular complexity index is 2200. The van der Waals surface area contributed by atoms with Gasteiger partial charge in [-0.2, -0.15) is 0 Å². The number of carbonyl (C=O) groups excluding carboxylic acids is 2. The first-order chi connectivity index (χ1) is 29.4. The summed E-state index contributed by atoms with van der Waals surface area (Å²) < 4.78 is 15.0. The van der Waals surface area contributed by atoms with Crippen LogP contribution in [0.2, 0.25) is 5.02 Å². The number of nitrogens with one attached hydrogen (secondary N) is 5. The van der Waals surface area contributed by atoms with Gasteiger partial charge in [-0.15, -0.1) is 0 Å². The Morgan fingerprint density at radius 2 is 1.85 bits per heavy atom. The minimum absolute atomic E-state index is 0.128. The highest BCUT2D eigenvalue weighted by molar-refractivity contribution is 7.98. The zero-order valence-corrected chi connectivity index (χ0v) is 35.6. The number of fused-ring (bicyclic) bond motifs is 1. The van der Waals surface area contributed by atoms with Crippen LogP contribution >= 0.6 is 23.5 Å². The van der Waals surface area contributed by atoms with Gasteiger partial charge in [-0.1, -0.05) is 24.4 Å². The summed E-state index contributed by atoms with van der Waals surface area (Å²) in [5, 5.41) is 15.8. The SMILES string of the molecule is CO.Nc1cc(SNC(=O)c2ccc(N3CCC(CNC(c4cncc(Cl)c4)C4(C=O)CCCC4)CC3)cc2Oc2c[nH+]c3[nH]ccc3c2)ccc1NCC1CCOCC1. The van der Waals surface area contributed by atoms with Crippen LogP contribution in [0.25, 0.3) is 11.0 Å². The molecule has 60 heavy (non-hydrogen) atoms. The molecule has 3 fully saturated rings. The number of nitrogens with zero attached hydrogens (tertiary/aromatic N) is 2. The summed E-state index contributed by atoms with van der Waals surface area (Å²) in [5.74, 6) is 1.78. The van der Waals surface area contributed by atoms with Crippen LogP contribution in [0, 0.1) is 17.3 Å². The van der Waals surface area contributed by atoms with Gasteiger partial charge >= 0.3 is 0 Å². The van der Waals surface area contributed by atoms with Crippen LogP contribution in [0.5, 0.6) is 11.5 Å². The van der Waals surface area contributed by atoms with Crippen molar-refractivity contribution >= 4 is 63.8 Å². The minimum atomic E-state index is -0.445. The van der Waals surface area contributed by atoms with Gasteiger partial charge in [0.15, 0.2) is 5.75 Å². The van der Waals surface area contributed by atoms with Crippen molar-refractivity contribution < 1.29 is 29.2 Å². The second-order valence-electron chi connectivity index (χ2n) is 15.9. The molecule has 1 aliphatic carbocycles. The Balaban J connectivity index is 0.00000268. The normalized spacial score (nSPS) is 17.4. The molecule has 13 nitrogen and oxygen atoms in total. The van der Waals surface area contributed by atoms with Crippen molar-refractivity contribution in [1.29, 1.82) is 0 Å². The van der Waals surface area contributed by atoms with E-state index in [9.17, 15) is 9.59 Å². The number of anilines is 3. The van der Waals surface area contributed by atoms with Gasteiger partial charge < -0.3 is 40.6 Å². The van der Waals surface area contributed by atoms with Crippen molar-refractivity contribution in [3.8, 4) is 11.5 Å². The monoisotopic (exact) mass is 855 g/mol. The van der Waals surface area contributed by atoms with Gasteiger partial charge in [-0.3, -0.25) is 14.5 Å². The van der Waals surface area contributed by atoms with Gasteiger partial charge in [0, 0.05) is 86.5 Å². The van der Waals surface area contributed by atoms with Crippen LogP contribution in [0.1, 0.15) is 73.3 Å². The van der Waals surface area contributed by atoms with Crippen LogP contribution in [0.3, 0.4) is 0 Å². The molecule has 8 rings (SSSR count). The van der Waals surface area contributed by atoms with Gasteiger partial charge in [0.25, 0.3) is 11.6 Å². The maximum Gasteiger partial charge on any atom is 0.284 e. The van der Waals surface area contributed by atoms with E-state index in [0.717, 1.165) is 131 Å². The van der Waals surface area contributed by atoms with Crippen LogP contribution in [0.15, 0.2) is 84.3 Å². The van der Waals surface area contributed by atoms with Crippen molar-refractivity contribution in [2.24, 2.45) is 17.3 Å². The predicted molar refractivity (Wildman–Crippen MR) is 238 cm³/mol. The number of hydrogen-bond acceptors (Lipinski definition) is 11. The van der Waals surface area contributed by atoms with Crippen LogP contribution in [0.4, 0.5) is 17.1 Å². The average Bonchev–Trinajstić information content (AvgIpc) is 3.97. The number of aliphatic hydroxyl groups is 1. The number of piperidine rings is 1. The summed E-state index contributed by atoms with van der Waals surface area (Å²) >= 11 is 7.58. The standard InChI is InChI=1S/C44H51ClN8O4S.CH4O/c45-33-19-32(25-47-26-33)41(44(28-54)12-1-2-13-44)50-24-29-8-15-53(16-9-29)34-3-5-37(40(21-34)57-35-20-31-7-14-48-42(31)51-27-35)43(55)52-58-36-4-6-39(38(46)22-36)49-23-30-10-17-56-18-11-30;1-2/h3-7,14,19-22,25-30,41,49-50H,1-2,8-13,15-18,23-24,46H2,(H,48,51)(H,52,55);2H,1H3/p+1. The molecule has 0 bridgehead atoms. The Morgan fingerprint density at radius 3 is 2.60 bits per heavy atom. The maximum absolute atomic E-state index is 13.8. The van der Waals surface area contributed by atoms with E-state index >= 15 is 0 Å². The van der Waals surface area contributed by atoms with Gasteiger partial charge in [-0.05, 0) is 117 Å². The Hall–Kier alpha value is -4.86. The lowest BCUT2D eigenvalue weighted by molar-refractivity contribution is -0.348. The van der Waals surface area contributed by atoms with Crippen LogP contribution in [-0.2, 0) is 9.53 Å². The smallest absolute Gasteiger partial charge is 0.284 e. The van der Waals surface area contributed by atoms with Crippen LogP contribution < -0.4 is 35.7 Å². The van der Waals surface area contributed by atoms with Crippen LogP contribution in [-0.4, -0.2) is 73.8 Å². The Labute approximate surface area is 360 Å². The molecule has 5 aromatic rings. The van der Waals surface area contributed by atoms with Gasteiger partial charge in [0.05, 0.1) is 33.5 Å². The first-order valence-corrected chi connectivity index (χ1v) is 22.0. The number of pyridine rings is 2. The molecule has 2 aromatic carbocycles. The fraction of sp³-hybridized carbons (Fsp3) is 0.422. The van der Waals surface area contributed by atoms with Gasteiger partial charge in [-0.25, -0.2) is 9.97 Å². The third-order valence-corrected chi connectivity index (χ3v) is 13.1. The van der Waals surface area contributed by atoms with Crippen molar-refractivity contribution in [2.75, 3.05) is 62.5 Å². The minimum Gasteiger partial charge on any atom is -0.453 e. The lowest BCUT2D eigenvalue weighted by Gasteiger charge is -2.37. The molecule has 0 spiro atoms. The number of nitrogens with two attached hydrogens (primary N) is 1. The Morgan fingerprint density at radius 1 is 1.07 bits per heavy atom. The van der Waals surface area contributed by atoms with E-state index in [1.807, 2.05) is 67.0 Å². The number of aliphatic hydroxyl groups excluding tert-OH is 1. The molecule has 1 saturated carbocycles. The lowest BCUT2D eigenvalue weighted by atomic mass is 9.76. The number of halogens is 1. The number of carbonyl (C=O) groups is 2. The quantitative estimate of drug-likeness (QED) is 0.0347. The number of aromatic nitrogens is 3. The summed E-state index contributed by atoms with van der Waals surface area (Å²) in [4.78, 5) is 40.3. The molecule has 3 aromatic heterocycles. The fourth-order valence-electron chi connectivity index (χ4n) is 8.69. The molecule has 5 heterocycles. The molecule has 1 amide bonds. The summed E-state index contributed by atoms with van der Waals surface area (Å²) in [6, 6.07) is 17.3. The highest BCUT2D eigenvalue weighted by Crippen LogP contribution is 2.46. The van der Waals surface area contributed by atoms with E-state index in [0.29, 0.717) is 39.6 Å². The predicted octanol–water partition coefficient (Wildman–Crippen LogP) is 7.60. The number of aldehydes is 1. The number of amides is 1. The molecule has 2 aliphatic heterocycles. The molecule has 1 atom stereocenters. The molecule has 8 N–H and O–H groups in total. The van der Waals surface area contributed by atoms with E-state index in [2.05, 4.69) is 35.2 Å². The first kappa shape index (κ1) is 43.2. The van der Waals surface area contributed by atoms with E-state index in [4.69, 9.17) is 31.9 Å². The van der Waals surface area contributed by atoms with E-state index in [1.54, 1.807) is 12.4 Å². The molecule has 318 valence electrons. The van der Waals surface area contributed by atoms with Crippen molar-refractivity contribution in [3.05, 3.63) is 95.5 Å². The number of ether oxygens (including phenoxy) is 2. The largest absolute Gasteiger partial charge is 0.453 e. The molecule has 15 heteroatoms. The summed E-state index contributed by atoms with van der Waals surface area (Å²) in [6.45, 7) is 4.96. The van der Waals surface area contributed by atoms with Crippen molar-refractivity contribution in [3.63, 3.8) is 0 Å². The van der Waals surface area contributed by atoms with E-state index < -0.39 is 5.41 Å². The topological polar surface area (TPSA) is 181 Å². The molecule has 0 radical (unpaired) electrons. The highest BCUT2D eigenvalue weighted by Gasteiger charge is 2.42. The number of hydrogen-bond donors (Lipinski definition) is 6. The van der Waals surface area contributed by atoms with Crippen molar-refractivity contribution in [2.45, 2.75) is 62.3 Å². The van der Waals surface area contributed by atoms with E-state index in [1.165, 1.54) is 18.2 Å². The van der Waals surface area contributed by atoms with Gasteiger partial charge in [0.1, 0.15) is 18.2 Å². The van der Waals surface area contributed by atoms with E-state index in [-0.39, 0.29) is 11.9 Å². The molecule has 1 unspecified atom stereocenters. The Kier molecular flexibility index (Phi) is 14.8. The zero-order chi connectivity index (χ0) is 41.9. The number of benzene rings is 2. The maximum atomic E-state index is 13.8. The summed E-state index contributed by atoms with van der Waals surface area (Å²) in [7, 11) is 1.00.